The lowest BCUT2D eigenvalue weighted by Gasteiger charge is -2.20. The number of hydrogen-bond acceptors (Lipinski definition) is 4. The van der Waals surface area contributed by atoms with Crippen LogP contribution in [-0.4, -0.2) is 20.7 Å². The van der Waals surface area contributed by atoms with Crippen LogP contribution in [0.1, 0.15) is 27.2 Å². The summed E-state index contributed by atoms with van der Waals surface area (Å²) in [5.41, 5.74) is 0. The van der Waals surface area contributed by atoms with Gasteiger partial charge in [0, 0.05) is 26.0 Å². The Hall–Kier alpha value is -1.27. The first kappa shape index (κ1) is 13.2. The van der Waals surface area contributed by atoms with Crippen LogP contribution in [0.25, 0.3) is 0 Å². The molecule has 0 fully saturated rings. The molecule has 1 heterocycles. The van der Waals surface area contributed by atoms with Crippen molar-refractivity contribution < 1.29 is 17.9 Å². The Balaban J connectivity index is 2.35. The second kappa shape index (κ2) is 4.44. The summed E-state index contributed by atoms with van der Waals surface area (Å²) < 4.78 is 37.4. The molecule has 6 heteroatoms. The molecule has 0 aliphatic carbocycles. The first-order valence-electron chi connectivity index (χ1n) is 5.92. The van der Waals surface area contributed by atoms with Crippen molar-refractivity contribution in [3.63, 3.8) is 0 Å². The van der Waals surface area contributed by atoms with Crippen LogP contribution < -0.4 is 14.2 Å². The Morgan fingerprint density at radius 3 is 2.50 bits per heavy atom. The van der Waals surface area contributed by atoms with E-state index in [1.807, 2.05) is 13.8 Å². The molecule has 0 amide bonds. The Labute approximate surface area is 107 Å². The highest BCUT2D eigenvalue weighted by Gasteiger charge is 2.35. The molecule has 0 spiro atoms. The van der Waals surface area contributed by atoms with Crippen LogP contribution in [0.2, 0.25) is 0 Å². The minimum atomic E-state index is -3.46. The molecule has 1 aliphatic heterocycles. The van der Waals surface area contributed by atoms with E-state index >= 15 is 0 Å². The van der Waals surface area contributed by atoms with Gasteiger partial charge in [0.05, 0.1) is 4.90 Å². The zero-order chi connectivity index (χ0) is 13.4. The predicted octanol–water partition coefficient (Wildman–Crippen LogP) is 1.88. The van der Waals surface area contributed by atoms with Crippen molar-refractivity contribution in [2.75, 3.05) is 6.54 Å². The van der Waals surface area contributed by atoms with Crippen molar-refractivity contribution in [3.05, 3.63) is 18.2 Å². The highest BCUT2D eigenvalue weighted by atomic mass is 32.2. The van der Waals surface area contributed by atoms with Crippen LogP contribution >= 0.6 is 0 Å². The van der Waals surface area contributed by atoms with E-state index in [0.717, 1.165) is 0 Å². The zero-order valence-electron chi connectivity index (χ0n) is 10.7. The molecule has 100 valence electrons. The number of fused-ring (bicyclic) bond motifs is 1. The highest BCUT2D eigenvalue weighted by molar-refractivity contribution is 7.89. The van der Waals surface area contributed by atoms with Gasteiger partial charge in [0.2, 0.25) is 15.8 Å². The third-order valence-corrected chi connectivity index (χ3v) is 4.40. The van der Waals surface area contributed by atoms with Gasteiger partial charge in [0.25, 0.3) is 0 Å². The summed E-state index contributed by atoms with van der Waals surface area (Å²) in [5.74, 6) is 0.344. The van der Waals surface area contributed by atoms with Gasteiger partial charge in [-0.1, -0.05) is 13.8 Å². The number of ether oxygens (including phenoxy) is 2. The maximum atomic E-state index is 11.9. The molecule has 18 heavy (non-hydrogen) atoms. The standard InChI is InChI=1S/C12H17NO4S/c1-4-12(3)16-10-7-6-9(8-11(10)17-12)18(14,15)13-5-2/h6-8,13H,4-5H2,1-3H3. The molecule has 1 aliphatic rings. The van der Waals surface area contributed by atoms with E-state index in [1.54, 1.807) is 13.0 Å². The molecular weight excluding hydrogens is 254 g/mol. The SMILES string of the molecule is CCNS(=O)(=O)c1ccc2c(c1)OC(C)(CC)O2. The summed E-state index contributed by atoms with van der Waals surface area (Å²) in [7, 11) is -3.46. The number of nitrogens with one attached hydrogen (secondary N) is 1. The molecule has 0 bridgehead atoms. The van der Waals surface area contributed by atoms with Gasteiger partial charge in [-0.2, -0.15) is 0 Å². The van der Waals surface area contributed by atoms with Crippen LogP contribution in [0.3, 0.4) is 0 Å². The lowest BCUT2D eigenvalue weighted by atomic mass is 10.2. The van der Waals surface area contributed by atoms with Gasteiger partial charge in [-0.15, -0.1) is 0 Å². The van der Waals surface area contributed by atoms with Crippen LogP contribution in [0.15, 0.2) is 23.1 Å². The highest BCUT2D eigenvalue weighted by Crippen LogP contribution is 2.41. The van der Waals surface area contributed by atoms with Gasteiger partial charge in [-0.3, -0.25) is 0 Å². The predicted molar refractivity (Wildman–Crippen MR) is 67.3 cm³/mol. The maximum Gasteiger partial charge on any atom is 0.248 e. The minimum absolute atomic E-state index is 0.187. The fourth-order valence-electron chi connectivity index (χ4n) is 1.72. The summed E-state index contributed by atoms with van der Waals surface area (Å²) in [5, 5.41) is 0. The normalized spacial score (nSPS) is 22.2. The molecule has 0 aromatic heterocycles. The third kappa shape index (κ3) is 2.30. The average molecular weight is 271 g/mol. The molecule has 1 N–H and O–H groups in total. The van der Waals surface area contributed by atoms with E-state index in [9.17, 15) is 8.42 Å². The fraction of sp³-hybridized carbons (Fsp3) is 0.500. The van der Waals surface area contributed by atoms with Crippen LogP contribution in [0.5, 0.6) is 11.5 Å². The average Bonchev–Trinajstić information content (AvgIpc) is 2.65. The smallest absolute Gasteiger partial charge is 0.248 e. The molecule has 0 radical (unpaired) electrons. The maximum absolute atomic E-state index is 11.9. The topological polar surface area (TPSA) is 64.6 Å². The van der Waals surface area contributed by atoms with Crippen molar-refractivity contribution in [2.45, 2.75) is 37.9 Å². The Morgan fingerprint density at radius 2 is 1.89 bits per heavy atom. The molecule has 1 unspecified atom stereocenters. The van der Waals surface area contributed by atoms with Gasteiger partial charge in [0.15, 0.2) is 11.5 Å². The minimum Gasteiger partial charge on any atom is -0.449 e. The van der Waals surface area contributed by atoms with E-state index < -0.39 is 15.8 Å². The number of rotatable bonds is 4. The van der Waals surface area contributed by atoms with Crippen molar-refractivity contribution >= 4 is 10.0 Å². The number of benzene rings is 1. The van der Waals surface area contributed by atoms with E-state index in [4.69, 9.17) is 9.47 Å². The zero-order valence-corrected chi connectivity index (χ0v) is 11.5. The number of sulfonamides is 1. The quantitative estimate of drug-likeness (QED) is 0.908. The molecule has 2 rings (SSSR count). The first-order chi connectivity index (χ1) is 8.40. The molecule has 0 saturated carbocycles. The second-order valence-corrected chi connectivity index (χ2v) is 6.07. The van der Waals surface area contributed by atoms with Gasteiger partial charge >= 0.3 is 0 Å². The lowest BCUT2D eigenvalue weighted by Crippen LogP contribution is -2.33. The van der Waals surface area contributed by atoms with Gasteiger partial charge in [-0.25, -0.2) is 13.1 Å². The van der Waals surface area contributed by atoms with E-state index in [2.05, 4.69) is 4.72 Å². The molecule has 0 saturated heterocycles. The first-order valence-corrected chi connectivity index (χ1v) is 7.40. The Kier molecular flexibility index (Phi) is 3.25. The van der Waals surface area contributed by atoms with Gasteiger partial charge in [0.1, 0.15) is 0 Å². The van der Waals surface area contributed by atoms with E-state index in [0.29, 0.717) is 24.5 Å². The van der Waals surface area contributed by atoms with Crippen molar-refractivity contribution in [1.29, 1.82) is 0 Å². The summed E-state index contributed by atoms with van der Waals surface area (Å²) in [6.45, 7) is 5.86. The molecule has 1 aromatic rings. The second-order valence-electron chi connectivity index (χ2n) is 4.30. The van der Waals surface area contributed by atoms with Crippen LogP contribution in [0.4, 0.5) is 0 Å². The molecule has 5 nitrogen and oxygen atoms in total. The largest absolute Gasteiger partial charge is 0.449 e. The van der Waals surface area contributed by atoms with Gasteiger partial charge < -0.3 is 9.47 Å². The van der Waals surface area contributed by atoms with Crippen LogP contribution in [-0.2, 0) is 10.0 Å². The fourth-order valence-corrected chi connectivity index (χ4v) is 2.78. The molecular formula is C12H17NO4S. The van der Waals surface area contributed by atoms with Crippen LogP contribution in [0, 0.1) is 0 Å². The van der Waals surface area contributed by atoms with Crippen molar-refractivity contribution in [3.8, 4) is 11.5 Å². The molecule has 1 aromatic carbocycles. The lowest BCUT2D eigenvalue weighted by molar-refractivity contribution is -0.0640. The Bertz CT molecular complexity index is 555. The van der Waals surface area contributed by atoms with E-state index in [-0.39, 0.29) is 4.90 Å². The van der Waals surface area contributed by atoms with Gasteiger partial charge in [-0.05, 0) is 12.1 Å². The monoisotopic (exact) mass is 271 g/mol. The third-order valence-electron chi connectivity index (χ3n) is 2.85. The number of hydrogen-bond donors (Lipinski definition) is 1. The van der Waals surface area contributed by atoms with Crippen molar-refractivity contribution in [1.82, 2.24) is 4.72 Å². The summed E-state index contributed by atoms with van der Waals surface area (Å²) in [6, 6.07) is 4.64. The molecule has 1 atom stereocenters. The van der Waals surface area contributed by atoms with E-state index in [1.165, 1.54) is 12.1 Å². The summed E-state index contributed by atoms with van der Waals surface area (Å²) >= 11 is 0. The summed E-state index contributed by atoms with van der Waals surface area (Å²) in [4.78, 5) is 0.187. The summed E-state index contributed by atoms with van der Waals surface area (Å²) in [6.07, 6.45) is 0.678. The van der Waals surface area contributed by atoms with Crippen molar-refractivity contribution in [2.24, 2.45) is 0 Å². The Morgan fingerprint density at radius 1 is 1.22 bits per heavy atom.